The lowest BCUT2D eigenvalue weighted by Crippen LogP contribution is -2.33. The third-order valence-electron chi connectivity index (χ3n) is 7.11. The summed E-state index contributed by atoms with van der Waals surface area (Å²) in [6.07, 6.45) is 14.1. The maximum absolute atomic E-state index is 6.11. The van der Waals surface area contributed by atoms with Gasteiger partial charge in [0, 0.05) is 36.2 Å². The summed E-state index contributed by atoms with van der Waals surface area (Å²) in [5, 5.41) is 7.02. The summed E-state index contributed by atoms with van der Waals surface area (Å²) < 4.78 is 7.95. The number of nitrogens with zero attached hydrogens (tertiary/aromatic N) is 6. The van der Waals surface area contributed by atoms with Crippen molar-refractivity contribution in [2.24, 2.45) is 5.73 Å². The van der Waals surface area contributed by atoms with E-state index in [1.807, 2.05) is 30.6 Å². The van der Waals surface area contributed by atoms with E-state index in [2.05, 4.69) is 25.2 Å². The van der Waals surface area contributed by atoms with Crippen molar-refractivity contribution in [3.63, 3.8) is 0 Å². The van der Waals surface area contributed by atoms with Crippen molar-refractivity contribution in [1.82, 2.24) is 29.5 Å². The van der Waals surface area contributed by atoms with E-state index >= 15 is 0 Å². The molecule has 0 atom stereocenters. The Morgan fingerprint density at radius 1 is 0.889 bits per heavy atom. The number of benzene rings is 1. The summed E-state index contributed by atoms with van der Waals surface area (Å²) in [4.78, 5) is 22.7. The van der Waals surface area contributed by atoms with Crippen LogP contribution in [0.3, 0.4) is 0 Å². The van der Waals surface area contributed by atoms with Gasteiger partial charge in [-0.15, -0.1) is 0 Å². The SMILES string of the molecule is NC1CCC(Nc2nc(Nc3ccc(Oc4ncccn4)cc3)c3ncn(C4CCCC4)c3n2)CC1. The zero-order valence-corrected chi connectivity index (χ0v) is 20.2. The van der Waals surface area contributed by atoms with Gasteiger partial charge in [-0.3, -0.25) is 0 Å². The van der Waals surface area contributed by atoms with Crippen molar-refractivity contribution in [2.45, 2.75) is 69.5 Å². The van der Waals surface area contributed by atoms with Crippen LogP contribution in [0.4, 0.5) is 17.5 Å². The van der Waals surface area contributed by atoms with Crippen molar-refractivity contribution in [3.8, 4) is 11.8 Å². The Hall–Kier alpha value is -3.79. The van der Waals surface area contributed by atoms with Crippen LogP contribution in [0.5, 0.6) is 11.8 Å². The highest BCUT2D eigenvalue weighted by atomic mass is 16.5. The average Bonchev–Trinajstić information content (AvgIpc) is 3.58. The van der Waals surface area contributed by atoms with Crippen LogP contribution in [0.1, 0.15) is 57.4 Å². The number of nitrogens with one attached hydrogen (secondary N) is 2. The normalized spacial score (nSPS) is 20.5. The molecule has 0 unspecified atom stereocenters. The highest BCUT2D eigenvalue weighted by Gasteiger charge is 2.24. The number of imidazole rings is 1. The zero-order chi connectivity index (χ0) is 24.3. The molecule has 6 rings (SSSR count). The van der Waals surface area contributed by atoms with E-state index in [0.29, 0.717) is 41.7 Å². The first kappa shape index (κ1) is 22.7. The van der Waals surface area contributed by atoms with Gasteiger partial charge >= 0.3 is 6.01 Å². The maximum Gasteiger partial charge on any atom is 0.321 e. The molecule has 0 amide bonds. The van der Waals surface area contributed by atoms with Gasteiger partial charge in [0.15, 0.2) is 17.0 Å². The third kappa shape index (κ3) is 4.94. The Morgan fingerprint density at radius 2 is 1.64 bits per heavy atom. The number of aromatic nitrogens is 6. The minimum Gasteiger partial charge on any atom is -0.424 e. The molecule has 0 radical (unpaired) electrons. The molecule has 3 heterocycles. The van der Waals surface area contributed by atoms with Crippen molar-refractivity contribution in [1.29, 1.82) is 0 Å². The Bertz CT molecular complexity index is 1290. The van der Waals surface area contributed by atoms with E-state index < -0.39 is 0 Å². The Kier molecular flexibility index (Phi) is 6.33. The first-order valence-corrected chi connectivity index (χ1v) is 12.8. The molecule has 0 spiro atoms. The lowest BCUT2D eigenvalue weighted by Gasteiger charge is -2.27. The van der Waals surface area contributed by atoms with Gasteiger partial charge in [-0.1, -0.05) is 12.8 Å². The molecule has 4 N–H and O–H groups in total. The molecular formula is C26H31N9O. The van der Waals surface area contributed by atoms with Crippen molar-refractivity contribution >= 4 is 28.6 Å². The van der Waals surface area contributed by atoms with E-state index in [9.17, 15) is 0 Å². The fourth-order valence-electron chi connectivity index (χ4n) is 5.15. The van der Waals surface area contributed by atoms with Crippen molar-refractivity contribution in [3.05, 3.63) is 49.1 Å². The van der Waals surface area contributed by atoms with E-state index in [-0.39, 0.29) is 0 Å². The second-order valence-corrected chi connectivity index (χ2v) is 9.70. The second-order valence-electron chi connectivity index (χ2n) is 9.70. The molecule has 36 heavy (non-hydrogen) atoms. The minimum atomic E-state index is 0.299. The van der Waals surface area contributed by atoms with Crippen LogP contribution < -0.4 is 21.1 Å². The van der Waals surface area contributed by atoms with Gasteiger partial charge in [-0.05, 0) is 68.9 Å². The number of hydrogen-bond donors (Lipinski definition) is 3. The van der Waals surface area contributed by atoms with Crippen LogP contribution in [0.25, 0.3) is 11.2 Å². The van der Waals surface area contributed by atoms with E-state index in [1.54, 1.807) is 18.5 Å². The predicted molar refractivity (Wildman–Crippen MR) is 139 cm³/mol. The summed E-state index contributed by atoms with van der Waals surface area (Å²) in [5.74, 6) is 1.97. The number of rotatable bonds is 7. The van der Waals surface area contributed by atoms with Crippen LogP contribution in [0, 0.1) is 0 Å². The molecule has 2 aliphatic rings. The summed E-state index contributed by atoms with van der Waals surface area (Å²) >= 11 is 0. The molecule has 1 aromatic carbocycles. The number of nitrogens with two attached hydrogens (primary N) is 1. The number of ether oxygens (including phenoxy) is 1. The lowest BCUT2D eigenvalue weighted by atomic mass is 9.92. The standard InChI is InChI=1S/C26H31N9O/c27-17-6-8-19(9-7-17)32-25-33-23(22-24(34-25)35(16-30-22)20-4-1-2-5-20)31-18-10-12-21(13-11-18)36-26-28-14-3-15-29-26/h3,10-17,19-20H,1-2,4-9,27H2,(H2,31,32,33,34). The molecule has 3 aromatic heterocycles. The van der Waals surface area contributed by atoms with E-state index in [0.717, 1.165) is 55.4 Å². The fourth-order valence-corrected chi connectivity index (χ4v) is 5.15. The monoisotopic (exact) mass is 485 g/mol. The average molecular weight is 486 g/mol. The van der Waals surface area contributed by atoms with Crippen LogP contribution >= 0.6 is 0 Å². The smallest absolute Gasteiger partial charge is 0.321 e. The molecule has 0 saturated heterocycles. The van der Waals surface area contributed by atoms with E-state index in [1.165, 1.54) is 12.8 Å². The van der Waals surface area contributed by atoms with Crippen molar-refractivity contribution in [2.75, 3.05) is 10.6 Å². The van der Waals surface area contributed by atoms with Gasteiger partial charge < -0.3 is 25.7 Å². The van der Waals surface area contributed by atoms with Crippen LogP contribution in [0.2, 0.25) is 0 Å². The lowest BCUT2D eigenvalue weighted by molar-refractivity contribution is 0.410. The largest absolute Gasteiger partial charge is 0.424 e. The molecule has 10 nitrogen and oxygen atoms in total. The summed E-state index contributed by atoms with van der Waals surface area (Å²) in [7, 11) is 0. The fraction of sp³-hybridized carbons (Fsp3) is 0.423. The Balaban J connectivity index is 1.27. The highest BCUT2D eigenvalue weighted by molar-refractivity contribution is 5.86. The van der Waals surface area contributed by atoms with Gasteiger partial charge in [0.2, 0.25) is 5.95 Å². The molecule has 2 fully saturated rings. The van der Waals surface area contributed by atoms with Crippen LogP contribution in [0.15, 0.2) is 49.1 Å². The van der Waals surface area contributed by atoms with Crippen molar-refractivity contribution < 1.29 is 4.74 Å². The Labute approximate surface area is 209 Å². The van der Waals surface area contributed by atoms with Gasteiger partial charge in [-0.2, -0.15) is 9.97 Å². The molecule has 0 bridgehead atoms. The molecular weight excluding hydrogens is 454 g/mol. The Morgan fingerprint density at radius 3 is 2.39 bits per heavy atom. The van der Waals surface area contributed by atoms with Gasteiger partial charge in [-0.25, -0.2) is 15.0 Å². The molecule has 2 aliphatic carbocycles. The predicted octanol–water partition coefficient (Wildman–Crippen LogP) is 4.95. The van der Waals surface area contributed by atoms with Gasteiger partial charge in [0.05, 0.1) is 6.33 Å². The summed E-state index contributed by atoms with van der Waals surface area (Å²) in [6, 6.07) is 10.8. The second kappa shape index (κ2) is 10.1. The third-order valence-corrected chi connectivity index (χ3v) is 7.11. The topological polar surface area (TPSA) is 129 Å². The van der Waals surface area contributed by atoms with E-state index in [4.69, 9.17) is 25.4 Å². The summed E-state index contributed by atoms with van der Waals surface area (Å²) in [5.41, 5.74) is 8.63. The summed E-state index contributed by atoms with van der Waals surface area (Å²) in [6.45, 7) is 0. The molecule has 10 heteroatoms. The molecule has 4 aromatic rings. The van der Waals surface area contributed by atoms with Gasteiger partial charge in [0.1, 0.15) is 5.75 Å². The zero-order valence-electron chi connectivity index (χ0n) is 20.2. The number of hydrogen-bond acceptors (Lipinski definition) is 9. The first-order chi connectivity index (χ1) is 17.7. The van der Waals surface area contributed by atoms with Crippen LogP contribution in [-0.4, -0.2) is 41.6 Å². The van der Waals surface area contributed by atoms with Crippen LogP contribution in [-0.2, 0) is 0 Å². The molecule has 0 aliphatic heterocycles. The molecule has 2 saturated carbocycles. The van der Waals surface area contributed by atoms with Gasteiger partial charge in [0.25, 0.3) is 0 Å². The molecule has 186 valence electrons. The highest BCUT2D eigenvalue weighted by Crippen LogP contribution is 2.34. The number of anilines is 3. The quantitative estimate of drug-likeness (QED) is 0.333. The first-order valence-electron chi connectivity index (χ1n) is 12.8. The maximum atomic E-state index is 6.11. The number of fused-ring (bicyclic) bond motifs is 1. The minimum absolute atomic E-state index is 0.299.